The average Bonchev–Trinajstić information content (AvgIpc) is 2.41. The molecule has 0 saturated heterocycles. The van der Waals surface area contributed by atoms with Gasteiger partial charge in [0.2, 0.25) is 0 Å². The minimum Gasteiger partial charge on any atom is -0.484 e. The first kappa shape index (κ1) is 13.8. The zero-order valence-electron chi connectivity index (χ0n) is 10.6. The molecule has 2 aromatic carbocycles. The van der Waals surface area contributed by atoms with Crippen molar-refractivity contribution in [3.05, 3.63) is 64.4 Å². The minimum absolute atomic E-state index is 0.263. The Balaban J connectivity index is 2.24. The number of ether oxygens (including phenoxy) is 1. The monoisotopic (exact) mass is 279 g/mol. The average molecular weight is 280 g/mol. The minimum atomic E-state index is -0.393. The molecule has 0 heterocycles. The molecule has 1 unspecified atom stereocenters. The molecule has 2 rings (SSSR count). The summed E-state index contributed by atoms with van der Waals surface area (Å²) in [5.74, 6) is 0.144. The van der Waals surface area contributed by atoms with Gasteiger partial charge in [0.15, 0.2) is 0 Å². The van der Waals surface area contributed by atoms with Crippen molar-refractivity contribution in [2.24, 2.45) is 5.73 Å². The maximum atomic E-state index is 13.5. The van der Waals surface area contributed by atoms with Crippen molar-refractivity contribution >= 4 is 11.6 Å². The number of halogens is 2. The van der Waals surface area contributed by atoms with E-state index >= 15 is 0 Å². The first-order valence-electron chi connectivity index (χ1n) is 5.99. The Kier molecular flexibility index (Phi) is 4.40. The fourth-order valence-corrected chi connectivity index (χ4v) is 2.04. The van der Waals surface area contributed by atoms with Gasteiger partial charge >= 0.3 is 0 Å². The Morgan fingerprint density at radius 3 is 2.63 bits per heavy atom. The second-order valence-electron chi connectivity index (χ2n) is 4.27. The fourth-order valence-electron chi connectivity index (χ4n) is 1.79. The van der Waals surface area contributed by atoms with Crippen LogP contribution in [-0.2, 0) is 0 Å². The molecule has 4 heteroatoms. The maximum Gasteiger partial charge on any atom is 0.137 e. The normalized spacial score (nSPS) is 12.2. The van der Waals surface area contributed by atoms with Gasteiger partial charge in [-0.1, -0.05) is 35.9 Å². The fraction of sp³-hybridized carbons (Fsp3) is 0.200. The highest BCUT2D eigenvalue weighted by molar-refractivity contribution is 6.31. The molecule has 0 aliphatic rings. The van der Waals surface area contributed by atoms with Gasteiger partial charge in [-0.05, 0) is 24.6 Å². The number of hydrogen-bond acceptors (Lipinski definition) is 2. The number of rotatable bonds is 4. The summed E-state index contributed by atoms with van der Waals surface area (Å²) in [5, 5.41) is 0.588. The van der Waals surface area contributed by atoms with Gasteiger partial charge in [0, 0.05) is 23.2 Å². The van der Waals surface area contributed by atoms with Crippen molar-refractivity contribution in [2.45, 2.75) is 13.0 Å². The summed E-state index contributed by atoms with van der Waals surface area (Å²) >= 11 is 6.11. The quantitative estimate of drug-likeness (QED) is 0.922. The molecule has 19 heavy (non-hydrogen) atoms. The molecule has 0 bridgehead atoms. The van der Waals surface area contributed by atoms with E-state index in [0.717, 1.165) is 5.56 Å². The molecule has 0 spiro atoms. The van der Waals surface area contributed by atoms with Crippen LogP contribution < -0.4 is 10.5 Å². The van der Waals surface area contributed by atoms with Crippen molar-refractivity contribution in [3.63, 3.8) is 0 Å². The molecule has 1 atom stereocenters. The van der Waals surface area contributed by atoms with Crippen LogP contribution in [0.4, 0.5) is 4.39 Å². The molecule has 0 amide bonds. The molecule has 2 aromatic rings. The van der Waals surface area contributed by atoms with E-state index in [2.05, 4.69) is 0 Å². The lowest BCUT2D eigenvalue weighted by molar-refractivity contribution is 0.213. The summed E-state index contributed by atoms with van der Waals surface area (Å²) in [7, 11) is 0. The Morgan fingerprint density at radius 2 is 2.00 bits per heavy atom. The second kappa shape index (κ2) is 6.04. The van der Waals surface area contributed by atoms with Gasteiger partial charge in [-0.3, -0.25) is 0 Å². The lowest BCUT2D eigenvalue weighted by Crippen LogP contribution is -2.18. The first-order chi connectivity index (χ1) is 9.11. The molecule has 0 aliphatic heterocycles. The van der Waals surface area contributed by atoms with E-state index in [0.29, 0.717) is 16.3 Å². The third-order valence-electron chi connectivity index (χ3n) is 2.89. The van der Waals surface area contributed by atoms with Crippen LogP contribution in [0.1, 0.15) is 17.2 Å². The van der Waals surface area contributed by atoms with Gasteiger partial charge in [-0.15, -0.1) is 0 Å². The Bertz CT molecular complexity index is 574. The molecule has 0 aliphatic carbocycles. The number of aryl methyl sites for hydroxylation is 1. The smallest absolute Gasteiger partial charge is 0.137 e. The summed E-state index contributed by atoms with van der Waals surface area (Å²) in [6.07, 6.45) is -0.393. The van der Waals surface area contributed by atoms with Gasteiger partial charge in [0.1, 0.15) is 17.7 Å². The Labute approximate surface area is 117 Å². The molecular weight excluding hydrogens is 265 g/mol. The van der Waals surface area contributed by atoms with Gasteiger partial charge in [-0.2, -0.15) is 0 Å². The van der Waals surface area contributed by atoms with Gasteiger partial charge in [0.25, 0.3) is 0 Å². The van der Waals surface area contributed by atoms with Crippen LogP contribution in [0, 0.1) is 12.7 Å². The van der Waals surface area contributed by atoms with Crippen LogP contribution in [0.3, 0.4) is 0 Å². The molecule has 0 aromatic heterocycles. The van der Waals surface area contributed by atoms with Crippen LogP contribution >= 0.6 is 11.6 Å². The van der Waals surface area contributed by atoms with E-state index in [-0.39, 0.29) is 12.4 Å². The van der Waals surface area contributed by atoms with Crippen LogP contribution in [0.2, 0.25) is 5.02 Å². The van der Waals surface area contributed by atoms with Crippen molar-refractivity contribution in [1.29, 1.82) is 0 Å². The zero-order chi connectivity index (χ0) is 13.8. The van der Waals surface area contributed by atoms with E-state index < -0.39 is 6.10 Å². The molecule has 0 saturated carbocycles. The third-order valence-corrected chi connectivity index (χ3v) is 3.23. The van der Waals surface area contributed by atoms with Crippen LogP contribution in [0.5, 0.6) is 5.75 Å². The van der Waals surface area contributed by atoms with E-state index in [4.69, 9.17) is 22.1 Å². The van der Waals surface area contributed by atoms with Crippen LogP contribution in [-0.4, -0.2) is 6.54 Å². The summed E-state index contributed by atoms with van der Waals surface area (Å²) < 4.78 is 19.2. The summed E-state index contributed by atoms with van der Waals surface area (Å²) in [4.78, 5) is 0. The molecule has 0 fully saturated rings. The van der Waals surface area contributed by atoms with Gasteiger partial charge < -0.3 is 10.5 Å². The molecule has 100 valence electrons. The molecule has 2 N–H and O–H groups in total. The second-order valence-corrected chi connectivity index (χ2v) is 4.68. The zero-order valence-corrected chi connectivity index (χ0v) is 11.3. The number of nitrogens with two attached hydrogens (primary N) is 1. The Morgan fingerprint density at radius 1 is 1.26 bits per heavy atom. The SMILES string of the molecule is Cc1ccc(OC(CN)c2ccccc2Cl)cc1F. The van der Waals surface area contributed by atoms with E-state index in [1.807, 2.05) is 18.2 Å². The van der Waals surface area contributed by atoms with Crippen molar-refractivity contribution < 1.29 is 9.13 Å². The maximum absolute atomic E-state index is 13.5. The van der Waals surface area contributed by atoms with E-state index in [1.54, 1.807) is 25.1 Å². The topological polar surface area (TPSA) is 35.2 Å². The largest absolute Gasteiger partial charge is 0.484 e. The highest BCUT2D eigenvalue weighted by Gasteiger charge is 2.15. The number of benzene rings is 2. The van der Waals surface area contributed by atoms with Gasteiger partial charge in [-0.25, -0.2) is 4.39 Å². The standard InChI is InChI=1S/C15H15ClFNO/c1-10-6-7-11(8-14(10)17)19-15(9-18)12-4-2-3-5-13(12)16/h2-8,15H,9,18H2,1H3. The van der Waals surface area contributed by atoms with E-state index in [9.17, 15) is 4.39 Å². The third kappa shape index (κ3) is 3.25. The lowest BCUT2D eigenvalue weighted by Gasteiger charge is -2.19. The van der Waals surface area contributed by atoms with Crippen LogP contribution in [0.25, 0.3) is 0 Å². The van der Waals surface area contributed by atoms with Crippen molar-refractivity contribution in [1.82, 2.24) is 0 Å². The van der Waals surface area contributed by atoms with Crippen molar-refractivity contribution in [2.75, 3.05) is 6.54 Å². The first-order valence-corrected chi connectivity index (χ1v) is 6.37. The molecular formula is C15H15ClFNO. The predicted molar refractivity (Wildman–Crippen MR) is 75.0 cm³/mol. The number of hydrogen-bond donors (Lipinski definition) is 1. The lowest BCUT2D eigenvalue weighted by atomic mass is 10.1. The van der Waals surface area contributed by atoms with Gasteiger partial charge in [0.05, 0.1) is 0 Å². The summed E-state index contributed by atoms with van der Waals surface area (Å²) in [6.45, 7) is 1.97. The Hall–Kier alpha value is -1.58. The highest BCUT2D eigenvalue weighted by Crippen LogP contribution is 2.27. The van der Waals surface area contributed by atoms with Crippen molar-refractivity contribution in [3.8, 4) is 5.75 Å². The van der Waals surface area contributed by atoms with Crippen LogP contribution in [0.15, 0.2) is 42.5 Å². The summed E-state index contributed by atoms with van der Waals surface area (Å²) in [6, 6.07) is 12.1. The van der Waals surface area contributed by atoms with E-state index in [1.165, 1.54) is 6.07 Å². The molecule has 2 nitrogen and oxygen atoms in total. The summed E-state index contributed by atoms with van der Waals surface area (Å²) in [5.41, 5.74) is 7.09. The predicted octanol–water partition coefficient (Wildman–Crippen LogP) is 3.87. The molecule has 0 radical (unpaired) electrons. The highest BCUT2D eigenvalue weighted by atomic mass is 35.5.